The van der Waals surface area contributed by atoms with E-state index in [4.69, 9.17) is 5.11 Å². The largest absolute Gasteiger partial charge is 0.392 e. The van der Waals surface area contributed by atoms with Crippen LogP contribution >= 0.6 is 11.8 Å². The van der Waals surface area contributed by atoms with Crippen molar-refractivity contribution in [3.05, 3.63) is 45.9 Å². The van der Waals surface area contributed by atoms with E-state index >= 15 is 0 Å². The summed E-state index contributed by atoms with van der Waals surface area (Å²) in [6.45, 7) is 2.77. The van der Waals surface area contributed by atoms with Crippen molar-refractivity contribution in [1.29, 1.82) is 0 Å². The Morgan fingerprint density at radius 2 is 2.00 bits per heavy atom. The zero-order chi connectivity index (χ0) is 13.7. The van der Waals surface area contributed by atoms with Crippen LogP contribution in [0.15, 0.2) is 34.2 Å². The molecule has 1 heterocycles. The first-order valence-corrected chi connectivity index (χ1v) is 7.19. The fraction of sp³-hybridized carbons (Fsp3) is 0.385. The van der Waals surface area contributed by atoms with Crippen LogP contribution in [0.4, 0.5) is 0 Å². The Morgan fingerprint density at radius 3 is 2.63 bits per heavy atom. The van der Waals surface area contributed by atoms with E-state index in [9.17, 15) is 4.79 Å². The maximum Gasteiger partial charge on any atom is 0.343 e. The van der Waals surface area contributed by atoms with E-state index in [1.54, 1.807) is 4.57 Å². The van der Waals surface area contributed by atoms with Crippen molar-refractivity contribution >= 4 is 11.8 Å². The number of benzene rings is 1. The van der Waals surface area contributed by atoms with Crippen LogP contribution in [0.2, 0.25) is 0 Å². The topological polar surface area (TPSA) is 70.9 Å². The molecule has 0 spiro atoms. The molecule has 0 aliphatic rings. The Balaban J connectivity index is 2.03. The second kappa shape index (κ2) is 6.58. The van der Waals surface area contributed by atoms with E-state index in [1.165, 1.54) is 11.8 Å². The number of nitrogens with zero attached hydrogens (tertiary/aromatic N) is 2. The molecular weight excluding hydrogens is 262 g/mol. The monoisotopic (exact) mass is 279 g/mol. The van der Waals surface area contributed by atoms with Gasteiger partial charge in [0.15, 0.2) is 5.16 Å². The van der Waals surface area contributed by atoms with Crippen LogP contribution < -0.4 is 5.69 Å². The Hall–Kier alpha value is -1.53. The summed E-state index contributed by atoms with van der Waals surface area (Å²) in [4.78, 5) is 11.5. The number of hydrogen-bond donors (Lipinski definition) is 2. The number of rotatable bonds is 6. The summed E-state index contributed by atoms with van der Waals surface area (Å²) < 4.78 is 1.66. The Kier molecular flexibility index (Phi) is 4.81. The van der Waals surface area contributed by atoms with Crippen LogP contribution in [0, 0.1) is 0 Å². The van der Waals surface area contributed by atoms with Gasteiger partial charge in [-0.25, -0.2) is 9.89 Å². The number of aliphatic hydroxyl groups is 1. The van der Waals surface area contributed by atoms with Crippen molar-refractivity contribution in [3.8, 4) is 0 Å². The van der Waals surface area contributed by atoms with Crippen LogP contribution in [0.1, 0.15) is 24.5 Å². The molecule has 0 saturated heterocycles. The summed E-state index contributed by atoms with van der Waals surface area (Å²) in [6, 6.07) is 7.76. The lowest BCUT2D eigenvalue weighted by Crippen LogP contribution is -2.17. The van der Waals surface area contributed by atoms with Crippen LogP contribution in [-0.2, 0) is 18.9 Å². The second-order valence-corrected chi connectivity index (χ2v) is 5.17. The summed E-state index contributed by atoms with van der Waals surface area (Å²) >= 11 is 1.53. The summed E-state index contributed by atoms with van der Waals surface area (Å²) in [7, 11) is 0. The number of H-pyrrole nitrogens is 1. The molecule has 5 nitrogen and oxygen atoms in total. The second-order valence-electron chi connectivity index (χ2n) is 4.23. The first-order chi connectivity index (χ1) is 9.24. The van der Waals surface area contributed by atoms with Crippen molar-refractivity contribution in [2.24, 2.45) is 0 Å². The Morgan fingerprint density at radius 1 is 1.32 bits per heavy atom. The third-order valence-corrected chi connectivity index (χ3v) is 3.79. The Labute approximate surface area is 115 Å². The molecule has 2 aromatic rings. The lowest BCUT2D eigenvalue weighted by atomic mass is 10.2. The minimum atomic E-state index is -0.153. The molecule has 0 radical (unpaired) electrons. The van der Waals surface area contributed by atoms with Gasteiger partial charge in [-0.05, 0) is 17.5 Å². The highest BCUT2D eigenvalue weighted by Gasteiger charge is 2.08. The highest BCUT2D eigenvalue weighted by Crippen LogP contribution is 2.20. The molecule has 6 heteroatoms. The molecule has 0 aliphatic carbocycles. The minimum Gasteiger partial charge on any atom is -0.392 e. The smallest absolute Gasteiger partial charge is 0.343 e. The SMILES string of the molecule is CCCn1c(SCc2ccc(CO)cc2)n[nH]c1=O. The molecular formula is C13H17N3O2S. The third kappa shape index (κ3) is 3.48. The number of nitrogens with one attached hydrogen (secondary N) is 1. The standard InChI is InChI=1S/C13H17N3O2S/c1-2-7-16-12(18)14-15-13(16)19-9-11-5-3-10(8-17)4-6-11/h3-6,17H,2,7-9H2,1H3,(H,14,18). The lowest BCUT2D eigenvalue weighted by molar-refractivity contribution is 0.282. The minimum absolute atomic E-state index is 0.0584. The zero-order valence-corrected chi connectivity index (χ0v) is 11.6. The van der Waals surface area contributed by atoms with Gasteiger partial charge in [0.25, 0.3) is 0 Å². The molecule has 19 heavy (non-hydrogen) atoms. The van der Waals surface area contributed by atoms with E-state index in [0.717, 1.165) is 28.5 Å². The van der Waals surface area contributed by atoms with Crippen molar-refractivity contribution in [1.82, 2.24) is 14.8 Å². The number of aliphatic hydroxyl groups excluding tert-OH is 1. The van der Waals surface area contributed by atoms with Crippen LogP contribution in [0.5, 0.6) is 0 Å². The molecule has 0 aliphatic heterocycles. The van der Waals surface area contributed by atoms with Crippen LogP contribution in [0.3, 0.4) is 0 Å². The number of aromatic nitrogens is 3. The lowest BCUT2D eigenvalue weighted by Gasteiger charge is -2.04. The van der Waals surface area contributed by atoms with Gasteiger partial charge < -0.3 is 5.11 Å². The third-order valence-electron chi connectivity index (χ3n) is 2.74. The van der Waals surface area contributed by atoms with Crippen molar-refractivity contribution in [3.63, 3.8) is 0 Å². The van der Waals surface area contributed by atoms with Gasteiger partial charge in [-0.15, -0.1) is 5.10 Å². The first kappa shape index (κ1) is 13.9. The number of thioether (sulfide) groups is 1. The van der Waals surface area contributed by atoms with Gasteiger partial charge in [-0.1, -0.05) is 43.0 Å². The molecule has 0 amide bonds. The fourth-order valence-electron chi connectivity index (χ4n) is 1.72. The summed E-state index contributed by atoms with van der Waals surface area (Å²) in [5, 5.41) is 16.2. The highest BCUT2D eigenvalue weighted by molar-refractivity contribution is 7.98. The predicted molar refractivity (Wildman–Crippen MR) is 75.1 cm³/mol. The number of hydrogen-bond acceptors (Lipinski definition) is 4. The van der Waals surface area contributed by atoms with E-state index in [2.05, 4.69) is 10.2 Å². The van der Waals surface area contributed by atoms with Gasteiger partial charge >= 0.3 is 5.69 Å². The van der Waals surface area contributed by atoms with Crippen molar-refractivity contribution < 1.29 is 5.11 Å². The highest BCUT2D eigenvalue weighted by atomic mass is 32.2. The average molecular weight is 279 g/mol. The van der Waals surface area contributed by atoms with Crippen molar-refractivity contribution in [2.75, 3.05) is 0 Å². The quantitative estimate of drug-likeness (QED) is 0.791. The molecule has 0 bridgehead atoms. The molecule has 0 saturated carbocycles. The predicted octanol–water partition coefficient (Wildman–Crippen LogP) is 1.77. The van der Waals surface area contributed by atoms with E-state index < -0.39 is 0 Å². The van der Waals surface area contributed by atoms with Gasteiger partial charge in [0.1, 0.15) is 0 Å². The molecule has 1 aromatic heterocycles. The maximum absolute atomic E-state index is 11.5. The zero-order valence-electron chi connectivity index (χ0n) is 10.8. The molecule has 102 valence electrons. The normalized spacial score (nSPS) is 10.8. The summed E-state index contributed by atoms with van der Waals surface area (Å²) in [5.74, 6) is 0.750. The Bertz CT molecular complexity index is 574. The maximum atomic E-state index is 11.5. The van der Waals surface area contributed by atoms with E-state index in [1.807, 2.05) is 31.2 Å². The molecule has 2 rings (SSSR count). The van der Waals surface area contributed by atoms with Gasteiger partial charge in [0.05, 0.1) is 6.61 Å². The van der Waals surface area contributed by atoms with Crippen molar-refractivity contribution in [2.45, 2.75) is 37.4 Å². The van der Waals surface area contributed by atoms with E-state index in [0.29, 0.717) is 6.54 Å². The van der Waals surface area contributed by atoms with Gasteiger partial charge in [-0.3, -0.25) is 4.57 Å². The molecule has 0 fully saturated rings. The molecule has 0 atom stereocenters. The summed E-state index contributed by atoms with van der Waals surface area (Å²) in [6.07, 6.45) is 0.901. The average Bonchev–Trinajstić information content (AvgIpc) is 2.79. The van der Waals surface area contributed by atoms with Crippen LogP contribution in [-0.4, -0.2) is 19.9 Å². The van der Waals surface area contributed by atoms with Gasteiger partial charge in [0, 0.05) is 12.3 Å². The molecule has 1 aromatic carbocycles. The van der Waals surface area contributed by atoms with E-state index in [-0.39, 0.29) is 12.3 Å². The van der Waals surface area contributed by atoms with Crippen LogP contribution in [0.25, 0.3) is 0 Å². The van der Waals surface area contributed by atoms with Gasteiger partial charge in [0.2, 0.25) is 0 Å². The van der Waals surface area contributed by atoms with Gasteiger partial charge in [-0.2, -0.15) is 0 Å². The first-order valence-electron chi connectivity index (χ1n) is 6.21. The molecule has 0 unspecified atom stereocenters. The number of aromatic amines is 1. The summed E-state index contributed by atoms with van der Waals surface area (Å²) in [5.41, 5.74) is 1.89. The fourth-order valence-corrected chi connectivity index (χ4v) is 2.65. The molecule has 2 N–H and O–H groups in total.